The van der Waals surface area contributed by atoms with Crippen molar-refractivity contribution in [3.8, 4) is 0 Å². The van der Waals surface area contributed by atoms with E-state index in [9.17, 15) is 0 Å². The number of hydrogen-bond donors (Lipinski definition) is 1. The lowest BCUT2D eigenvalue weighted by Gasteiger charge is -2.34. The summed E-state index contributed by atoms with van der Waals surface area (Å²) in [5, 5.41) is 3.13. The molecule has 1 atom stereocenters. The maximum Gasteiger partial charge on any atom is 0.150 e. The molecule has 5 nitrogen and oxygen atoms in total. The molecule has 0 amide bonds. The molecule has 116 valence electrons. The average molecular weight is 297 g/mol. The molecule has 3 heterocycles. The fraction of sp³-hybridized carbons (Fsp3) is 0.471. The first-order valence-corrected chi connectivity index (χ1v) is 7.80. The molecule has 2 aromatic rings. The third-order valence-corrected chi connectivity index (χ3v) is 4.48. The van der Waals surface area contributed by atoms with Gasteiger partial charge >= 0.3 is 0 Å². The van der Waals surface area contributed by atoms with Gasteiger partial charge in [-0.25, -0.2) is 9.97 Å². The van der Waals surface area contributed by atoms with Gasteiger partial charge in [-0.2, -0.15) is 0 Å². The Balaban J connectivity index is 1.91. The highest BCUT2D eigenvalue weighted by molar-refractivity contribution is 5.36. The number of anilines is 1. The highest BCUT2D eigenvalue weighted by Gasteiger charge is 2.40. The van der Waals surface area contributed by atoms with Crippen molar-refractivity contribution >= 4 is 5.82 Å². The lowest BCUT2D eigenvalue weighted by molar-refractivity contribution is 0.137. The zero-order valence-electron chi connectivity index (χ0n) is 13.5. The van der Waals surface area contributed by atoms with Crippen LogP contribution in [0.25, 0.3) is 0 Å². The lowest BCUT2D eigenvalue weighted by Crippen LogP contribution is -2.39. The van der Waals surface area contributed by atoms with Crippen molar-refractivity contribution in [3.63, 3.8) is 0 Å². The summed E-state index contributed by atoms with van der Waals surface area (Å²) < 4.78 is 0. The Bertz CT molecular complexity index is 643. The zero-order chi connectivity index (χ0) is 15.6. The lowest BCUT2D eigenvalue weighted by atomic mass is 9.97. The number of aromatic nitrogens is 3. The van der Waals surface area contributed by atoms with E-state index in [0.717, 1.165) is 36.8 Å². The molecule has 0 aliphatic carbocycles. The van der Waals surface area contributed by atoms with Gasteiger partial charge in [-0.15, -0.1) is 0 Å². The molecule has 0 unspecified atom stereocenters. The molecule has 3 rings (SSSR count). The van der Waals surface area contributed by atoms with E-state index < -0.39 is 0 Å². The first-order valence-electron chi connectivity index (χ1n) is 7.80. The van der Waals surface area contributed by atoms with Crippen LogP contribution in [-0.4, -0.2) is 33.4 Å². The van der Waals surface area contributed by atoms with Crippen molar-refractivity contribution < 1.29 is 0 Å². The molecule has 0 aromatic carbocycles. The Morgan fingerprint density at radius 3 is 2.95 bits per heavy atom. The van der Waals surface area contributed by atoms with E-state index in [0.29, 0.717) is 0 Å². The fourth-order valence-corrected chi connectivity index (χ4v) is 3.18. The van der Waals surface area contributed by atoms with E-state index >= 15 is 0 Å². The van der Waals surface area contributed by atoms with E-state index in [2.05, 4.69) is 28.2 Å². The normalized spacial score (nSPS) is 22.0. The van der Waals surface area contributed by atoms with Crippen molar-refractivity contribution in [2.45, 2.75) is 38.8 Å². The minimum absolute atomic E-state index is 0.118. The van der Waals surface area contributed by atoms with Crippen LogP contribution >= 0.6 is 0 Å². The van der Waals surface area contributed by atoms with Crippen LogP contribution in [0.2, 0.25) is 0 Å². The van der Waals surface area contributed by atoms with Gasteiger partial charge in [0, 0.05) is 37.7 Å². The SMILES string of the molecule is CNc1cc(C)nc([C@@]2(C)CCCN2Cc2cccnc2)n1. The minimum atomic E-state index is -0.118. The molecule has 1 N–H and O–H groups in total. The van der Waals surface area contributed by atoms with Gasteiger partial charge in [-0.3, -0.25) is 9.88 Å². The van der Waals surface area contributed by atoms with Crippen LogP contribution in [0.4, 0.5) is 5.82 Å². The predicted octanol–water partition coefficient (Wildman–Crippen LogP) is 2.73. The number of aryl methyl sites for hydroxylation is 1. The van der Waals surface area contributed by atoms with Crippen LogP contribution in [0.1, 0.15) is 36.8 Å². The first kappa shape index (κ1) is 14.9. The van der Waals surface area contributed by atoms with Crippen LogP contribution in [0.3, 0.4) is 0 Å². The number of rotatable bonds is 4. The second-order valence-electron chi connectivity index (χ2n) is 6.13. The maximum atomic E-state index is 4.72. The van der Waals surface area contributed by atoms with Gasteiger partial charge in [0.2, 0.25) is 0 Å². The Morgan fingerprint density at radius 1 is 1.36 bits per heavy atom. The van der Waals surface area contributed by atoms with Gasteiger partial charge in [0.15, 0.2) is 5.82 Å². The van der Waals surface area contributed by atoms with Gasteiger partial charge in [0.25, 0.3) is 0 Å². The predicted molar refractivity (Wildman–Crippen MR) is 87.5 cm³/mol. The fourth-order valence-electron chi connectivity index (χ4n) is 3.18. The molecule has 0 radical (unpaired) electrons. The monoisotopic (exact) mass is 297 g/mol. The molecule has 1 aliphatic heterocycles. The van der Waals surface area contributed by atoms with E-state index in [1.54, 1.807) is 0 Å². The standard InChI is InChI=1S/C17H23N5/c1-13-10-15(18-3)21-16(20-13)17(2)7-5-9-22(17)12-14-6-4-8-19-11-14/h4,6,8,10-11H,5,7,9,12H2,1-3H3,(H,18,20,21)/t17-/m1/s1. The number of nitrogens with one attached hydrogen (secondary N) is 1. The summed E-state index contributed by atoms with van der Waals surface area (Å²) >= 11 is 0. The zero-order valence-corrected chi connectivity index (χ0v) is 13.5. The number of likely N-dealkylation sites (tertiary alicyclic amines) is 1. The van der Waals surface area contributed by atoms with Crippen molar-refractivity contribution in [2.24, 2.45) is 0 Å². The topological polar surface area (TPSA) is 53.9 Å². The molecule has 0 saturated carbocycles. The average Bonchev–Trinajstić information content (AvgIpc) is 2.90. The Kier molecular flexibility index (Phi) is 4.07. The van der Waals surface area contributed by atoms with Gasteiger partial charge in [-0.1, -0.05) is 6.07 Å². The minimum Gasteiger partial charge on any atom is -0.373 e. The Labute approximate surface area is 131 Å². The Hall–Kier alpha value is -2.01. The molecule has 5 heteroatoms. The Morgan fingerprint density at radius 2 is 2.23 bits per heavy atom. The largest absolute Gasteiger partial charge is 0.373 e. The van der Waals surface area contributed by atoms with E-state index in [1.807, 2.05) is 38.5 Å². The third-order valence-electron chi connectivity index (χ3n) is 4.48. The van der Waals surface area contributed by atoms with Crippen LogP contribution in [0, 0.1) is 6.92 Å². The molecule has 1 saturated heterocycles. The molecular weight excluding hydrogens is 274 g/mol. The summed E-state index contributed by atoms with van der Waals surface area (Å²) in [4.78, 5) is 16.1. The summed E-state index contributed by atoms with van der Waals surface area (Å²) in [7, 11) is 1.90. The molecule has 2 aromatic heterocycles. The highest BCUT2D eigenvalue weighted by atomic mass is 15.2. The first-order chi connectivity index (χ1) is 10.6. The molecule has 0 spiro atoms. The van der Waals surface area contributed by atoms with E-state index in [-0.39, 0.29) is 5.54 Å². The molecule has 0 bridgehead atoms. The highest BCUT2D eigenvalue weighted by Crippen LogP contribution is 2.38. The van der Waals surface area contributed by atoms with Gasteiger partial charge in [0.05, 0.1) is 5.54 Å². The summed E-state index contributed by atoms with van der Waals surface area (Å²) in [6.45, 7) is 6.23. The van der Waals surface area contributed by atoms with Gasteiger partial charge in [0.1, 0.15) is 5.82 Å². The number of pyridine rings is 1. The third kappa shape index (κ3) is 2.81. The van der Waals surface area contributed by atoms with Crippen LogP contribution in [0.5, 0.6) is 0 Å². The number of nitrogens with zero attached hydrogens (tertiary/aromatic N) is 4. The van der Waals surface area contributed by atoms with Crippen molar-refractivity contribution in [2.75, 3.05) is 18.9 Å². The summed E-state index contributed by atoms with van der Waals surface area (Å²) in [6, 6.07) is 6.10. The molecule has 1 fully saturated rings. The van der Waals surface area contributed by atoms with Gasteiger partial charge < -0.3 is 5.32 Å². The van der Waals surface area contributed by atoms with Crippen LogP contribution in [0.15, 0.2) is 30.6 Å². The molecular formula is C17H23N5. The van der Waals surface area contributed by atoms with Crippen LogP contribution in [-0.2, 0) is 12.1 Å². The smallest absolute Gasteiger partial charge is 0.150 e. The number of hydrogen-bond acceptors (Lipinski definition) is 5. The summed E-state index contributed by atoms with van der Waals surface area (Å²) in [5.41, 5.74) is 2.12. The van der Waals surface area contributed by atoms with E-state index in [4.69, 9.17) is 9.97 Å². The summed E-state index contributed by atoms with van der Waals surface area (Å²) in [6.07, 6.45) is 6.01. The van der Waals surface area contributed by atoms with Gasteiger partial charge in [-0.05, 0) is 44.9 Å². The quantitative estimate of drug-likeness (QED) is 0.940. The van der Waals surface area contributed by atoms with Crippen LogP contribution < -0.4 is 5.32 Å². The molecule has 22 heavy (non-hydrogen) atoms. The molecule has 1 aliphatic rings. The van der Waals surface area contributed by atoms with E-state index in [1.165, 1.54) is 12.0 Å². The maximum absolute atomic E-state index is 4.72. The van der Waals surface area contributed by atoms with Crippen molar-refractivity contribution in [1.82, 2.24) is 19.9 Å². The van der Waals surface area contributed by atoms with Crippen molar-refractivity contribution in [1.29, 1.82) is 0 Å². The second-order valence-corrected chi connectivity index (χ2v) is 6.13. The summed E-state index contributed by atoms with van der Waals surface area (Å²) in [5.74, 6) is 1.80. The second kappa shape index (κ2) is 6.01. The van der Waals surface area contributed by atoms with Crippen molar-refractivity contribution in [3.05, 3.63) is 47.7 Å².